The Bertz CT molecular complexity index is 442. The van der Waals surface area contributed by atoms with Crippen LogP contribution in [0.3, 0.4) is 0 Å². The van der Waals surface area contributed by atoms with Gasteiger partial charge >= 0.3 is 0 Å². The van der Waals surface area contributed by atoms with Gasteiger partial charge in [0.05, 0.1) is 0 Å². The standard InChI is InChI=1S/C10H10ClNS.C2H4O2/c1-2-9-6-7-5-8(11)3-4-10(7)13-12-9;1-2(3)4/h3-5H,2,6H2,1H3;1H3,(H,3,4). The minimum Gasteiger partial charge on any atom is -0.481 e. The molecule has 0 saturated carbocycles. The highest BCUT2D eigenvalue weighted by Gasteiger charge is 2.11. The summed E-state index contributed by atoms with van der Waals surface area (Å²) in [7, 11) is 0. The molecular weight excluding hydrogens is 258 g/mol. The molecule has 0 unspecified atom stereocenters. The van der Waals surface area contributed by atoms with Crippen molar-refractivity contribution in [2.45, 2.75) is 31.6 Å². The molecule has 1 heterocycles. The van der Waals surface area contributed by atoms with E-state index >= 15 is 0 Å². The molecule has 0 bridgehead atoms. The van der Waals surface area contributed by atoms with E-state index in [1.54, 1.807) is 11.9 Å². The zero-order chi connectivity index (χ0) is 12.8. The molecule has 0 spiro atoms. The maximum atomic E-state index is 9.00. The van der Waals surface area contributed by atoms with Crippen LogP contribution in [0.5, 0.6) is 0 Å². The highest BCUT2D eigenvalue weighted by Crippen LogP contribution is 2.31. The Kier molecular flexibility index (Phi) is 5.51. The van der Waals surface area contributed by atoms with Gasteiger partial charge in [-0.1, -0.05) is 18.5 Å². The van der Waals surface area contributed by atoms with Crippen LogP contribution in [0.1, 0.15) is 25.8 Å². The van der Waals surface area contributed by atoms with Gasteiger partial charge in [-0.25, -0.2) is 4.40 Å². The van der Waals surface area contributed by atoms with Gasteiger partial charge in [-0.15, -0.1) is 0 Å². The van der Waals surface area contributed by atoms with Crippen LogP contribution in [0, 0.1) is 0 Å². The Morgan fingerprint density at radius 1 is 1.59 bits per heavy atom. The fourth-order valence-corrected chi connectivity index (χ4v) is 2.32. The number of fused-ring (bicyclic) bond motifs is 1. The normalized spacial score (nSPS) is 13.0. The molecule has 0 atom stereocenters. The molecule has 92 valence electrons. The van der Waals surface area contributed by atoms with Gasteiger partial charge in [0, 0.05) is 40.9 Å². The third-order valence-electron chi connectivity index (χ3n) is 2.10. The van der Waals surface area contributed by atoms with Crippen LogP contribution in [0.2, 0.25) is 5.02 Å². The maximum Gasteiger partial charge on any atom is 0.300 e. The first-order valence-electron chi connectivity index (χ1n) is 5.23. The van der Waals surface area contributed by atoms with E-state index in [4.69, 9.17) is 21.5 Å². The molecule has 2 rings (SSSR count). The van der Waals surface area contributed by atoms with Crippen LogP contribution in [0.15, 0.2) is 27.5 Å². The quantitative estimate of drug-likeness (QED) is 0.790. The number of hydrogen-bond donors (Lipinski definition) is 1. The van der Waals surface area contributed by atoms with Crippen molar-refractivity contribution < 1.29 is 9.90 Å². The molecule has 0 fully saturated rings. The van der Waals surface area contributed by atoms with Crippen LogP contribution in [0.25, 0.3) is 0 Å². The fraction of sp³-hybridized carbons (Fsp3) is 0.333. The number of hydrogen-bond acceptors (Lipinski definition) is 3. The predicted octanol–water partition coefficient (Wildman–Crippen LogP) is 3.85. The molecule has 17 heavy (non-hydrogen) atoms. The van der Waals surface area contributed by atoms with Crippen molar-refractivity contribution >= 4 is 35.2 Å². The smallest absolute Gasteiger partial charge is 0.300 e. The molecule has 1 aliphatic rings. The molecule has 1 aromatic carbocycles. The van der Waals surface area contributed by atoms with Crippen molar-refractivity contribution in [2.24, 2.45) is 4.40 Å². The SMILES string of the molecule is CC(=O)O.CCC1=NSc2ccc(Cl)cc2C1. The van der Waals surface area contributed by atoms with E-state index in [1.807, 2.05) is 18.2 Å². The number of carbonyl (C=O) groups is 1. The maximum absolute atomic E-state index is 9.00. The van der Waals surface area contributed by atoms with E-state index in [-0.39, 0.29) is 0 Å². The number of rotatable bonds is 1. The van der Waals surface area contributed by atoms with E-state index in [0.29, 0.717) is 0 Å². The summed E-state index contributed by atoms with van der Waals surface area (Å²) in [6.07, 6.45) is 1.98. The van der Waals surface area contributed by atoms with Gasteiger partial charge in [0.15, 0.2) is 0 Å². The highest BCUT2D eigenvalue weighted by molar-refractivity contribution is 7.98. The van der Waals surface area contributed by atoms with Gasteiger partial charge in [0.25, 0.3) is 5.97 Å². The number of halogens is 1. The van der Waals surface area contributed by atoms with E-state index in [1.165, 1.54) is 16.2 Å². The molecule has 3 nitrogen and oxygen atoms in total. The highest BCUT2D eigenvalue weighted by atomic mass is 35.5. The number of nitrogens with zero attached hydrogens (tertiary/aromatic N) is 1. The van der Waals surface area contributed by atoms with Gasteiger partial charge in [0.2, 0.25) is 0 Å². The lowest BCUT2D eigenvalue weighted by atomic mass is 10.1. The summed E-state index contributed by atoms with van der Waals surface area (Å²) in [6.45, 7) is 3.22. The molecule has 0 radical (unpaired) electrons. The van der Waals surface area contributed by atoms with Gasteiger partial charge in [-0.05, 0) is 30.2 Å². The molecule has 1 aromatic rings. The topological polar surface area (TPSA) is 49.7 Å². The molecular formula is C12H14ClNO2S. The molecule has 0 saturated heterocycles. The predicted molar refractivity (Wildman–Crippen MR) is 72.0 cm³/mol. The first kappa shape index (κ1) is 14.1. The minimum absolute atomic E-state index is 0.816. The molecule has 0 aromatic heterocycles. The molecule has 1 aliphatic heterocycles. The minimum atomic E-state index is -0.833. The molecule has 5 heteroatoms. The third kappa shape index (κ3) is 4.79. The summed E-state index contributed by atoms with van der Waals surface area (Å²) < 4.78 is 4.41. The van der Waals surface area contributed by atoms with Crippen molar-refractivity contribution in [3.8, 4) is 0 Å². The Morgan fingerprint density at radius 2 is 2.24 bits per heavy atom. The van der Waals surface area contributed by atoms with Crippen LogP contribution >= 0.6 is 23.5 Å². The zero-order valence-corrected chi connectivity index (χ0v) is 11.3. The molecule has 0 aliphatic carbocycles. The summed E-state index contributed by atoms with van der Waals surface area (Å²) in [5, 5.41) is 8.23. The summed E-state index contributed by atoms with van der Waals surface area (Å²) in [5.41, 5.74) is 2.56. The van der Waals surface area contributed by atoms with Crippen molar-refractivity contribution in [3.63, 3.8) is 0 Å². The lowest BCUT2D eigenvalue weighted by molar-refractivity contribution is -0.134. The van der Waals surface area contributed by atoms with Crippen molar-refractivity contribution in [1.82, 2.24) is 0 Å². The van der Waals surface area contributed by atoms with Crippen LogP contribution in [-0.2, 0) is 11.2 Å². The number of aliphatic carboxylic acids is 1. The summed E-state index contributed by atoms with van der Waals surface area (Å²) in [4.78, 5) is 10.2. The van der Waals surface area contributed by atoms with Crippen LogP contribution in [-0.4, -0.2) is 16.8 Å². The van der Waals surface area contributed by atoms with Gasteiger partial charge in [0.1, 0.15) is 0 Å². The van der Waals surface area contributed by atoms with E-state index in [2.05, 4.69) is 11.3 Å². The second kappa shape index (κ2) is 6.67. The first-order chi connectivity index (χ1) is 8.02. The number of carboxylic acids is 1. The van der Waals surface area contributed by atoms with Crippen molar-refractivity contribution in [2.75, 3.05) is 0 Å². The lowest BCUT2D eigenvalue weighted by Crippen LogP contribution is -2.05. The van der Waals surface area contributed by atoms with Crippen LogP contribution < -0.4 is 0 Å². The Labute approximate surface area is 110 Å². The Hall–Kier alpha value is -1.00. The zero-order valence-electron chi connectivity index (χ0n) is 9.74. The summed E-state index contributed by atoms with van der Waals surface area (Å²) in [6, 6.07) is 5.99. The summed E-state index contributed by atoms with van der Waals surface area (Å²) in [5.74, 6) is -0.833. The van der Waals surface area contributed by atoms with E-state index < -0.39 is 5.97 Å². The second-order valence-corrected chi connectivity index (χ2v) is 4.79. The number of carboxylic acid groups (broad SMARTS) is 1. The lowest BCUT2D eigenvalue weighted by Gasteiger charge is -2.13. The Balaban J connectivity index is 0.000000317. The molecule has 0 amide bonds. The van der Waals surface area contributed by atoms with E-state index in [0.717, 1.165) is 24.8 Å². The fourth-order valence-electron chi connectivity index (χ4n) is 1.33. The van der Waals surface area contributed by atoms with E-state index in [9.17, 15) is 0 Å². The average molecular weight is 272 g/mol. The monoisotopic (exact) mass is 271 g/mol. The number of benzene rings is 1. The third-order valence-corrected chi connectivity index (χ3v) is 3.28. The summed E-state index contributed by atoms with van der Waals surface area (Å²) >= 11 is 7.48. The first-order valence-corrected chi connectivity index (χ1v) is 6.38. The van der Waals surface area contributed by atoms with Gasteiger partial charge < -0.3 is 5.11 Å². The van der Waals surface area contributed by atoms with Gasteiger partial charge in [-0.3, -0.25) is 4.79 Å². The largest absolute Gasteiger partial charge is 0.481 e. The molecule has 1 N–H and O–H groups in total. The average Bonchev–Trinajstić information content (AvgIpc) is 2.27. The van der Waals surface area contributed by atoms with Crippen molar-refractivity contribution in [1.29, 1.82) is 0 Å². The Morgan fingerprint density at radius 3 is 2.82 bits per heavy atom. The van der Waals surface area contributed by atoms with Crippen LogP contribution in [0.4, 0.5) is 0 Å². The van der Waals surface area contributed by atoms with Crippen molar-refractivity contribution in [3.05, 3.63) is 28.8 Å². The van der Waals surface area contributed by atoms with Gasteiger partial charge in [-0.2, -0.15) is 0 Å². The second-order valence-electron chi connectivity index (χ2n) is 3.55.